The minimum absolute atomic E-state index is 0.330. The summed E-state index contributed by atoms with van der Waals surface area (Å²) in [4.78, 5) is 0. The molecule has 12 heavy (non-hydrogen) atoms. The minimum Gasteiger partial charge on any atom is -0.508 e. The third-order valence-corrected chi connectivity index (χ3v) is 1.86. The van der Waals surface area contributed by atoms with Gasteiger partial charge in [-0.25, -0.2) is 0 Å². The van der Waals surface area contributed by atoms with Gasteiger partial charge in [0.15, 0.2) is 0 Å². The quantitative estimate of drug-likeness (QED) is 0.745. The maximum Gasteiger partial charge on any atom is 0.121 e. The summed E-state index contributed by atoms with van der Waals surface area (Å²) in [6, 6.07) is 5.69. The zero-order valence-corrected chi connectivity index (χ0v) is 7.50. The number of benzene rings is 1. The highest BCUT2D eigenvalue weighted by atomic mass is 16.5. The third kappa shape index (κ3) is 1.98. The Morgan fingerprint density at radius 3 is 2.67 bits per heavy atom. The van der Waals surface area contributed by atoms with Crippen molar-refractivity contribution >= 4 is 0 Å². The minimum atomic E-state index is 0.330. The molecule has 1 rings (SSSR count). The number of aromatic hydroxyl groups is 1. The van der Waals surface area contributed by atoms with Crippen molar-refractivity contribution in [2.75, 3.05) is 7.11 Å². The molecule has 0 aromatic heterocycles. The first-order valence-corrected chi connectivity index (χ1v) is 4.07. The number of methoxy groups -OCH3 is 1. The average molecular weight is 166 g/mol. The van der Waals surface area contributed by atoms with Crippen molar-refractivity contribution in [3.05, 3.63) is 29.3 Å². The highest BCUT2D eigenvalue weighted by Gasteiger charge is 2.00. The molecule has 0 spiro atoms. The SMILES string of the molecule is CCc1ccc(COC)c(O)c1. The normalized spacial score (nSPS) is 10.2. The first-order chi connectivity index (χ1) is 5.77. The fraction of sp³-hybridized carbons (Fsp3) is 0.400. The predicted octanol–water partition coefficient (Wildman–Crippen LogP) is 2.10. The van der Waals surface area contributed by atoms with Crippen molar-refractivity contribution in [3.8, 4) is 5.75 Å². The molecular weight excluding hydrogens is 152 g/mol. The Balaban J connectivity index is 2.87. The molecule has 0 unspecified atom stereocenters. The van der Waals surface area contributed by atoms with E-state index in [0.29, 0.717) is 12.4 Å². The second-order valence-electron chi connectivity index (χ2n) is 2.75. The van der Waals surface area contributed by atoms with E-state index < -0.39 is 0 Å². The van der Waals surface area contributed by atoms with E-state index in [4.69, 9.17) is 4.74 Å². The van der Waals surface area contributed by atoms with Crippen LogP contribution in [0.1, 0.15) is 18.1 Å². The second-order valence-corrected chi connectivity index (χ2v) is 2.75. The van der Waals surface area contributed by atoms with Crippen LogP contribution in [-0.4, -0.2) is 12.2 Å². The Morgan fingerprint density at radius 2 is 2.17 bits per heavy atom. The first-order valence-electron chi connectivity index (χ1n) is 4.07. The first kappa shape index (κ1) is 9.07. The molecule has 0 heterocycles. The summed E-state index contributed by atoms with van der Waals surface area (Å²) in [7, 11) is 1.62. The summed E-state index contributed by atoms with van der Waals surface area (Å²) in [6.45, 7) is 2.53. The summed E-state index contributed by atoms with van der Waals surface area (Å²) < 4.78 is 4.92. The molecule has 0 atom stereocenters. The van der Waals surface area contributed by atoms with E-state index in [-0.39, 0.29) is 0 Å². The molecule has 1 aromatic rings. The summed E-state index contributed by atoms with van der Waals surface area (Å²) in [5.74, 6) is 0.330. The van der Waals surface area contributed by atoms with Gasteiger partial charge in [0.1, 0.15) is 5.75 Å². The number of ether oxygens (including phenoxy) is 1. The van der Waals surface area contributed by atoms with Crippen LogP contribution >= 0.6 is 0 Å². The summed E-state index contributed by atoms with van der Waals surface area (Å²) in [6.07, 6.45) is 0.945. The Hall–Kier alpha value is -1.02. The zero-order valence-electron chi connectivity index (χ0n) is 7.50. The summed E-state index contributed by atoms with van der Waals surface area (Å²) in [5.41, 5.74) is 1.99. The van der Waals surface area contributed by atoms with Gasteiger partial charge in [-0.05, 0) is 18.1 Å². The lowest BCUT2D eigenvalue weighted by Gasteiger charge is -2.04. The Labute approximate surface area is 72.8 Å². The molecule has 0 bridgehead atoms. The van der Waals surface area contributed by atoms with E-state index in [1.54, 1.807) is 13.2 Å². The third-order valence-electron chi connectivity index (χ3n) is 1.86. The van der Waals surface area contributed by atoms with Crippen LogP contribution in [0.4, 0.5) is 0 Å². The van der Waals surface area contributed by atoms with Gasteiger partial charge in [-0.2, -0.15) is 0 Å². The van der Waals surface area contributed by atoms with Crippen molar-refractivity contribution in [1.82, 2.24) is 0 Å². The molecule has 0 aliphatic carbocycles. The molecule has 1 N–H and O–H groups in total. The van der Waals surface area contributed by atoms with E-state index in [1.165, 1.54) is 0 Å². The highest BCUT2D eigenvalue weighted by molar-refractivity contribution is 5.35. The van der Waals surface area contributed by atoms with Crippen molar-refractivity contribution < 1.29 is 9.84 Å². The average Bonchev–Trinajstić information content (AvgIpc) is 2.09. The molecule has 0 amide bonds. The molecule has 0 aliphatic rings. The molecule has 66 valence electrons. The van der Waals surface area contributed by atoms with Gasteiger partial charge in [0.05, 0.1) is 6.61 Å². The molecule has 0 saturated carbocycles. The van der Waals surface area contributed by atoms with Gasteiger partial charge in [0.25, 0.3) is 0 Å². The van der Waals surface area contributed by atoms with Crippen LogP contribution in [0.3, 0.4) is 0 Å². The van der Waals surface area contributed by atoms with E-state index in [0.717, 1.165) is 17.5 Å². The monoisotopic (exact) mass is 166 g/mol. The summed E-state index contributed by atoms with van der Waals surface area (Å²) >= 11 is 0. The van der Waals surface area contributed by atoms with E-state index in [9.17, 15) is 5.11 Å². The predicted molar refractivity (Wildman–Crippen MR) is 48.2 cm³/mol. The van der Waals surface area contributed by atoms with E-state index >= 15 is 0 Å². The number of rotatable bonds is 3. The lowest BCUT2D eigenvalue weighted by molar-refractivity contribution is 0.182. The maximum absolute atomic E-state index is 9.47. The molecule has 0 fully saturated rings. The fourth-order valence-electron chi connectivity index (χ4n) is 1.11. The van der Waals surface area contributed by atoms with Crippen LogP contribution in [0.2, 0.25) is 0 Å². The molecule has 1 aromatic carbocycles. The van der Waals surface area contributed by atoms with Gasteiger partial charge >= 0.3 is 0 Å². The number of phenols is 1. The van der Waals surface area contributed by atoms with Crippen LogP contribution in [0.15, 0.2) is 18.2 Å². The second kappa shape index (κ2) is 4.12. The number of hydrogen-bond donors (Lipinski definition) is 1. The van der Waals surface area contributed by atoms with Crippen LogP contribution in [0, 0.1) is 0 Å². The Bertz CT molecular complexity index is 256. The lowest BCUT2D eigenvalue weighted by atomic mass is 10.1. The van der Waals surface area contributed by atoms with Gasteiger partial charge in [0.2, 0.25) is 0 Å². The van der Waals surface area contributed by atoms with Crippen molar-refractivity contribution in [2.24, 2.45) is 0 Å². The van der Waals surface area contributed by atoms with Gasteiger partial charge in [-0.3, -0.25) is 0 Å². The van der Waals surface area contributed by atoms with Crippen LogP contribution in [0.25, 0.3) is 0 Å². The standard InChI is InChI=1S/C10H14O2/c1-3-8-4-5-9(7-12-2)10(11)6-8/h4-6,11H,3,7H2,1-2H3. The van der Waals surface area contributed by atoms with E-state index in [1.807, 2.05) is 12.1 Å². The molecule has 2 nitrogen and oxygen atoms in total. The summed E-state index contributed by atoms with van der Waals surface area (Å²) in [5, 5.41) is 9.47. The van der Waals surface area contributed by atoms with Crippen molar-refractivity contribution in [2.45, 2.75) is 20.0 Å². The molecule has 0 saturated heterocycles. The van der Waals surface area contributed by atoms with Gasteiger partial charge in [-0.1, -0.05) is 19.1 Å². The molecule has 0 aliphatic heterocycles. The largest absolute Gasteiger partial charge is 0.508 e. The number of hydrogen-bond acceptors (Lipinski definition) is 2. The fourth-order valence-corrected chi connectivity index (χ4v) is 1.11. The topological polar surface area (TPSA) is 29.5 Å². The Kier molecular flexibility index (Phi) is 3.11. The van der Waals surface area contributed by atoms with E-state index in [2.05, 4.69) is 6.92 Å². The van der Waals surface area contributed by atoms with Crippen LogP contribution in [-0.2, 0) is 17.8 Å². The Morgan fingerprint density at radius 1 is 1.42 bits per heavy atom. The zero-order chi connectivity index (χ0) is 8.97. The van der Waals surface area contributed by atoms with Crippen molar-refractivity contribution in [1.29, 1.82) is 0 Å². The number of phenolic OH excluding ortho intramolecular Hbond substituents is 1. The number of aryl methyl sites for hydroxylation is 1. The van der Waals surface area contributed by atoms with Gasteiger partial charge < -0.3 is 9.84 Å². The molecular formula is C10H14O2. The lowest BCUT2D eigenvalue weighted by Crippen LogP contribution is -1.89. The molecule has 2 heteroatoms. The smallest absolute Gasteiger partial charge is 0.121 e. The maximum atomic E-state index is 9.47. The van der Waals surface area contributed by atoms with Crippen LogP contribution < -0.4 is 0 Å². The van der Waals surface area contributed by atoms with Crippen LogP contribution in [0.5, 0.6) is 5.75 Å². The van der Waals surface area contributed by atoms with Crippen molar-refractivity contribution in [3.63, 3.8) is 0 Å². The molecule has 0 radical (unpaired) electrons. The highest BCUT2D eigenvalue weighted by Crippen LogP contribution is 2.19. The van der Waals surface area contributed by atoms with Gasteiger partial charge in [-0.15, -0.1) is 0 Å². The van der Waals surface area contributed by atoms with Gasteiger partial charge in [0, 0.05) is 12.7 Å².